The zero-order valence-corrected chi connectivity index (χ0v) is 17.1. The van der Waals surface area contributed by atoms with Gasteiger partial charge in [0, 0.05) is 5.56 Å². The molecule has 0 aliphatic carbocycles. The lowest BCUT2D eigenvalue weighted by Crippen LogP contribution is -2.57. The molecule has 0 saturated carbocycles. The molecule has 8 nitrogen and oxygen atoms in total. The molecule has 0 spiro atoms. The van der Waals surface area contributed by atoms with Gasteiger partial charge in [-0.15, -0.1) is 0 Å². The van der Waals surface area contributed by atoms with Crippen molar-refractivity contribution in [2.24, 2.45) is 0 Å². The van der Waals surface area contributed by atoms with Crippen LogP contribution in [0.15, 0.2) is 53.7 Å². The summed E-state index contributed by atoms with van der Waals surface area (Å²) in [6.45, 7) is 0.00389. The quantitative estimate of drug-likeness (QED) is 0.456. The third-order valence-corrected chi connectivity index (χ3v) is 6.36. The lowest BCUT2D eigenvalue weighted by atomic mass is 10.0. The minimum Gasteiger partial charge on any atom is -0.496 e. The van der Waals surface area contributed by atoms with E-state index in [0.29, 0.717) is 11.7 Å². The largest absolute Gasteiger partial charge is 0.496 e. The van der Waals surface area contributed by atoms with Crippen LogP contribution in [0.1, 0.15) is 5.56 Å². The second-order valence-corrected chi connectivity index (χ2v) is 8.16. The van der Waals surface area contributed by atoms with Crippen LogP contribution in [-0.2, 0) is 11.3 Å². The highest BCUT2D eigenvalue weighted by Gasteiger charge is 2.44. The highest BCUT2D eigenvalue weighted by Crippen LogP contribution is 2.35. The van der Waals surface area contributed by atoms with Gasteiger partial charge in [-0.1, -0.05) is 42.1 Å². The van der Waals surface area contributed by atoms with E-state index in [1.807, 2.05) is 53.1 Å². The molecule has 4 N–H and O–H groups in total. The topological polar surface area (TPSA) is 117 Å². The number of imidazole rings is 1. The van der Waals surface area contributed by atoms with Gasteiger partial charge in [0.25, 0.3) is 0 Å². The van der Waals surface area contributed by atoms with Crippen molar-refractivity contribution >= 4 is 22.8 Å². The summed E-state index contributed by atoms with van der Waals surface area (Å²) in [6, 6.07) is 15.4. The Hall–Kier alpha value is -2.14. The molecule has 2 aromatic carbocycles. The van der Waals surface area contributed by atoms with E-state index < -0.39 is 36.5 Å². The Balaban J connectivity index is 1.70. The Morgan fingerprint density at radius 2 is 1.77 bits per heavy atom. The standard InChI is InChI=1S/C21H24N2O6S/c1-28-15-9-5-2-6-12(15)10-23-14-8-4-3-7-13(14)22-21(23)30-20-19(27)18(26)17(25)16(11-24)29-20/h2-9,16-20,24-27H,10-11H2,1H3. The Morgan fingerprint density at radius 1 is 1.03 bits per heavy atom. The number of hydrogen-bond acceptors (Lipinski definition) is 8. The summed E-state index contributed by atoms with van der Waals surface area (Å²) in [5.74, 6) is 0.749. The number of nitrogens with zero attached hydrogens (tertiary/aromatic N) is 2. The van der Waals surface area contributed by atoms with Gasteiger partial charge in [0.15, 0.2) is 5.16 Å². The Labute approximate surface area is 177 Å². The van der Waals surface area contributed by atoms with Crippen molar-refractivity contribution in [3.63, 3.8) is 0 Å². The Kier molecular flexibility index (Phi) is 6.28. The van der Waals surface area contributed by atoms with Crippen LogP contribution in [-0.4, -0.2) is 73.5 Å². The molecule has 0 amide bonds. The first-order valence-corrected chi connectivity index (χ1v) is 10.5. The number of thioether (sulfide) groups is 1. The van der Waals surface area contributed by atoms with Gasteiger partial charge in [-0.25, -0.2) is 4.98 Å². The van der Waals surface area contributed by atoms with E-state index in [1.54, 1.807) is 7.11 Å². The van der Waals surface area contributed by atoms with Crippen LogP contribution < -0.4 is 4.74 Å². The first kappa shape index (κ1) is 21.1. The van der Waals surface area contributed by atoms with Gasteiger partial charge in [-0.05, 0) is 18.2 Å². The lowest BCUT2D eigenvalue weighted by molar-refractivity contribution is -0.205. The van der Waals surface area contributed by atoms with Crippen molar-refractivity contribution < 1.29 is 29.9 Å². The molecule has 1 fully saturated rings. The highest BCUT2D eigenvalue weighted by molar-refractivity contribution is 7.99. The van der Waals surface area contributed by atoms with Crippen LogP contribution in [0.3, 0.4) is 0 Å². The number of aliphatic hydroxyl groups is 4. The minimum absolute atomic E-state index is 0.473. The van der Waals surface area contributed by atoms with Crippen molar-refractivity contribution in [3.8, 4) is 5.75 Å². The van der Waals surface area contributed by atoms with Crippen molar-refractivity contribution in [1.82, 2.24) is 9.55 Å². The Morgan fingerprint density at radius 3 is 2.53 bits per heavy atom. The maximum Gasteiger partial charge on any atom is 0.171 e. The van der Waals surface area contributed by atoms with Crippen molar-refractivity contribution in [3.05, 3.63) is 54.1 Å². The van der Waals surface area contributed by atoms with Crippen LogP contribution >= 0.6 is 11.8 Å². The van der Waals surface area contributed by atoms with E-state index in [-0.39, 0.29) is 0 Å². The van der Waals surface area contributed by atoms with E-state index in [9.17, 15) is 20.4 Å². The fraction of sp³-hybridized carbons (Fsp3) is 0.381. The summed E-state index contributed by atoms with van der Waals surface area (Å²) in [7, 11) is 1.62. The number of ether oxygens (including phenoxy) is 2. The van der Waals surface area contributed by atoms with Crippen molar-refractivity contribution in [2.75, 3.05) is 13.7 Å². The zero-order valence-electron chi connectivity index (χ0n) is 16.3. The summed E-state index contributed by atoms with van der Waals surface area (Å²) in [6.07, 6.45) is -5.13. The number of fused-ring (bicyclic) bond motifs is 1. The predicted octanol–water partition coefficient (Wildman–Crippen LogP) is 0.985. The normalized spacial score (nSPS) is 26.8. The number of para-hydroxylation sites is 3. The van der Waals surface area contributed by atoms with Crippen LogP contribution in [0.4, 0.5) is 0 Å². The molecule has 0 bridgehead atoms. The van der Waals surface area contributed by atoms with Gasteiger partial charge in [-0.2, -0.15) is 0 Å². The molecule has 2 heterocycles. The fourth-order valence-corrected chi connectivity index (χ4v) is 4.72. The summed E-state index contributed by atoms with van der Waals surface area (Å²) in [5, 5.41) is 40.6. The predicted molar refractivity (Wildman–Crippen MR) is 111 cm³/mol. The number of rotatable bonds is 6. The summed E-state index contributed by atoms with van der Waals surface area (Å²) < 4.78 is 13.1. The van der Waals surface area contributed by atoms with E-state index in [4.69, 9.17) is 9.47 Å². The third-order valence-electron chi connectivity index (χ3n) is 5.21. The molecule has 4 rings (SSSR count). The number of aliphatic hydroxyl groups excluding tert-OH is 4. The lowest BCUT2D eigenvalue weighted by Gasteiger charge is -2.39. The number of benzene rings is 2. The molecule has 9 heteroatoms. The molecule has 1 aliphatic rings. The second-order valence-electron chi connectivity index (χ2n) is 7.10. The molecule has 0 radical (unpaired) electrons. The number of methoxy groups -OCH3 is 1. The summed E-state index contributed by atoms with van der Waals surface area (Å²) in [5.41, 5.74) is 1.72. The molecule has 1 aromatic heterocycles. The van der Waals surface area contributed by atoms with E-state index in [2.05, 4.69) is 4.98 Å². The van der Waals surface area contributed by atoms with Gasteiger partial charge in [0.1, 0.15) is 35.6 Å². The molecule has 1 aliphatic heterocycles. The number of aromatic nitrogens is 2. The zero-order chi connectivity index (χ0) is 21.3. The third kappa shape index (κ3) is 3.92. The summed E-state index contributed by atoms with van der Waals surface area (Å²) >= 11 is 1.14. The maximum atomic E-state index is 10.4. The average Bonchev–Trinajstić information content (AvgIpc) is 3.11. The van der Waals surface area contributed by atoms with Crippen LogP contribution in [0.25, 0.3) is 11.0 Å². The van der Waals surface area contributed by atoms with E-state index >= 15 is 0 Å². The molecule has 3 aromatic rings. The molecule has 5 unspecified atom stereocenters. The molecular formula is C21H24N2O6S. The van der Waals surface area contributed by atoms with Gasteiger partial charge >= 0.3 is 0 Å². The monoisotopic (exact) mass is 432 g/mol. The van der Waals surface area contributed by atoms with Gasteiger partial charge in [-0.3, -0.25) is 0 Å². The molecular weight excluding hydrogens is 408 g/mol. The smallest absolute Gasteiger partial charge is 0.171 e. The van der Waals surface area contributed by atoms with Crippen LogP contribution in [0, 0.1) is 0 Å². The van der Waals surface area contributed by atoms with Gasteiger partial charge < -0.3 is 34.5 Å². The highest BCUT2D eigenvalue weighted by atomic mass is 32.2. The first-order chi connectivity index (χ1) is 14.5. The van der Waals surface area contributed by atoms with E-state index in [0.717, 1.165) is 34.1 Å². The number of hydrogen-bond donors (Lipinski definition) is 4. The van der Waals surface area contributed by atoms with E-state index in [1.165, 1.54) is 0 Å². The summed E-state index contributed by atoms with van der Waals surface area (Å²) in [4.78, 5) is 4.68. The van der Waals surface area contributed by atoms with Crippen molar-refractivity contribution in [1.29, 1.82) is 0 Å². The van der Waals surface area contributed by atoms with Crippen LogP contribution in [0.5, 0.6) is 5.75 Å². The fourth-order valence-electron chi connectivity index (χ4n) is 3.57. The first-order valence-electron chi connectivity index (χ1n) is 9.57. The average molecular weight is 432 g/mol. The van der Waals surface area contributed by atoms with Crippen molar-refractivity contribution in [2.45, 2.75) is 41.6 Å². The minimum atomic E-state index is -1.43. The van der Waals surface area contributed by atoms with Gasteiger partial charge in [0.2, 0.25) is 0 Å². The maximum absolute atomic E-state index is 10.4. The Bertz CT molecular complexity index is 1010. The molecule has 5 atom stereocenters. The van der Waals surface area contributed by atoms with Crippen LogP contribution in [0.2, 0.25) is 0 Å². The molecule has 30 heavy (non-hydrogen) atoms. The van der Waals surface area contributed by atoms with Gasteiger partial charge in [0.05, 0.1) is 31.3 Å². The molecule has 1 saturated heterocycles. The second kappa shape index (κ2) is 8.93. The SMILES string of the molecule is COc1ccccc1Cn1c(SC2OC(CO)C(O)C(O)C2O)nc2ccccc21. The molecule has 160 valence electrons.